The average Bonchev–Trinajstić information content (AvgIpc) is 2.54. The maximum absolute atomic E-state index is 12.0. The van der Waals surface area contributed by atoms with Gasteiger partial charge in [0.05, 0.1) is 10.4 Å². The summed E-state index contributed by atoms with van der Waals surface area (Å²) < 4.78 is 25.4. The van der Waals surface area contributed by atoms with E-state index in [0.29, 0.717) is 4.34 Å². The highest BCUT2D eigenvalue weighted by molar-refractivity contribution is 7.89. The molecule has 0 aliphatic carbocycles. The van der Waals surface area contributed by atoms with Crippen molar-refractivity contribution in [1.82, 2.24) is 4.31 Å². The molecular weight excluding hydrogens is 291 g/mol. The molecule has 0 spiro atoms. The van der Waals surface area contributed by atoms with Crippen molar-refractivity contribution in [2.75, 3.05) is 13.6 Å². The highest BCUT2D eigenvalue weighted by atomic mass is 35.5. The van der Waals surface area contributed by atoms with Crippen molar-refractivity contribution in [3.63, 3.8) is 0 Å². The van der Waals surface area contributed by atoms with E-state index in [0.717, 1.165) is 15.6 Å². The predicted octanol–water partition coefficient (Wildman–Crippen LogP) is 2.59. The number of hydrogen-bond acceptors (Lipinski definition) is 4. The van der Waals surface area contributed by atoms with Crippen molar-refractivity contribution in [1.29, 1.82) is 5.26 Å². The first-order valence-electron chi connectivity index (χ1n) is 4.17. The summed E-state index contributed by atoms with van der Waals surface area (Å²) in [7, 11) is -2.25. The molecular formula is C8H8Cl2N2O2S2. The first-order valence-corrected chi connectivity index (χ1v) is 7.19. The van der Waals surface area contributed by atoms with E-state index < -0.39 is 10.0 Å². The van der Waals surface area contributed by atoms with Crippen LogP contribution < -0.4 is 0 Å². The fourth-order valence-corrected chi connectivity index (χ4v) is 4.28. The van der Waals surface area contributed by atoms with E-state index in [1.807, 2.05) is 6.07 Å². The Labute approximate surface area is 108 Å². The van der Waals surface area contributed by atoms with Gasteiger partial charge in [0, 0.05) is 20.0 Å². The molecule has 0 aromatic carbocycles. The van der Waals surface area contributed by atoms with Gasteiger partial charge >= 0.3 is 0 Å². The molecule has 1 aromatic rings. The Morgan fingerprint density at radius 2 is 2.19 bits per heavy atom. The molecule has 0 atom stereocenters. The molecule has 88 valence electrons. The van der Waals surface area contributed by atoms with Crippen molar-refractivity contribution in [2.24, 2.45) is 0 Å². The molecule has 1 heterocycles. The maximum Gasteiger partial charge on any atom is 0.245 e. The lowest BCUT2D eigenvalue weighted by Gasteiger charge is -2.14. The van der Waals surface area contributed by atoms with E-state index in [2.05, 4.69) is 0 Å². The molecule has 0 radical (unpaired) electrons. The minimum Gasteiger partial charge on any atom is -0.207 e. The van der Waals surface area contributed by atoms with Crippen LogP contribution in [-0.4, -0.2) is 26.3 Å². The van der Waals surface area contributed by atoms with Crippen molar-refractivity contribution in [3.05, 3.63) is 14.7 Å². The van der Waals surface area contributed by atoms with Crippen LogP contribution in [0.5, 0.6) is 0 Å². The molecule has 1 rings (SSSR count). The monoisotopic (exact) mass is 298 g/mol. The number of nitrogens with zero attached hydrogens (tertiary/aromatic N) is 2. The summed E-state index contributed by atoms with van der Waals surface area (Å²) in [5, 5.41) is 8.39. The van der Waals surface area contributed by atoms with Crippen LogP contribution in [-0.2, 0) is 10.0 Å². The Hall–Kier alpha value is -0.320. The fourth-order valence-electron chi connectivity index (χ4n) is 0.997. The number of thiophene rings is 1. The van der Waals surface area contributed by atoms with Gasteiger partial charge in [-0.1, -0.05) is 23.2 Å². The SMILES string of the molecule is CN(CCC#N)S(=O)(=O)c1cc(Cl)sc1Cl. The van der Waals surface area contributed by atoms with Gasteiger partial charge in [-0.2, -0.15) is 9.57 Å². The van der Waals surface area contributed by atoms with E-state index in [-0.39, 0.29) is 22.2 Å². The number of halogens is 2. The number of sulfonamides is 1. The Morgan fingerprint density at radius 3 is 2.62 bits per heavy atom. The van der Waals surface area contributed by atoms with Crippen molar-refractivity contribution >= 4 is 44.6 Å². The normalized spacial score (nSPS) is 11.7. The molecule has 8 heteroatoms. The Kier molecular flexibility index (Phi) is 4.59. The van der Waals surface area contributed by atoms with E-state index in [1.165, 1.54) is 13.1 Å². The van der Waals surface area contributed by atoms with E-state index >= 15 is 0 Å². The van der Waals surface area contributed by atoms with Gasteiger partial charge in [-0.3, -0.25) is 0 Å². The van der Waals surface area contributed by atoms with Gasteiger partial charge < -0.3 is 0 Å². The van der Waals surface area contributed by atoms with Crippen molar-refractivity contribution in [2.45, 2.75) is 11.3 Å². The van der Waals surface area contributed by atoms with Crippen LogP contribution in [0.2, 0.25) is 8.67 Å². The standard InChI is InChI=1S/C8H8Cl2N2O2S2/c1-12(4-2-3-11)16(13,14)6-5-7(9)15-8(6)10/h5H,2,4H2,1H3. The zero-order valence-corrected chi connectivity index (χ0v) is 11.4. The van der Waals surface area contributed by atoms with E-state index in [1.54, 1.807) is 0 Å². The molecule has 4 nitrogen and oxygen atoms in total. The average molecular weight is 299 g/mol. The van der Waals surface area contributed by atoms with Crippen LogP contribution in [0.3, 0.4) is 0 Å². The van der Waals surface area contributed by atoms with Crippen LogP contribution in [0, 0.1) is 11.3 Å². The Bertz CT molecular complexity index is 519. The molecule has 0 aliphatic rings. The largest absolute Gasteiger partial charge is 0.245 e. The first kappa shape index (κ1) is 13.7. The molecule has 0 fully saturated rings. The molecule has 0 unspecified atom stereocenters. The second kappa shape index (κ2) is 5.34. The van der Waals surface area contributed by atoms with Gasteiger partial charge in [0.25, 0.3) is 0 Å². The molecule has 0 saturated heterocycles. The maximum atomic E-state index is 12.0. The van der Waals surface area contributed by atoms with Gasteiger partial charge in [-0.25, -0.2) is 8.42 Å². The zero-order valence-electron chi connectivity index (χ0n) is 8.27. The van der Waals surface area contributed by atoms with Gasteiger partial charge in [-0.05, 0) is 6.07 Å². The molecule has 0 amide bonds. The van der Waals surface area contributed by atoms with Gasteiger partial charge in [0.15, 0.2) is 0 Å². The molecule has 0 bridgehead atoms. The van der Waals surface area contributed by atoms with Crippen LogP contribution in [0.4, 0.5) is 0 Å². The number of nitriles is 1. The summed E-state index contributed by atoms with van der Waals surface area (Å²) in [6.45, 7) is 0.128. The summed E-state index contributed by atoms with van der Waals surface area (Å²) in [6.07, 6.45) is 0.130. The molecule has 0 N–H and O–H groups in total. The highest BCUT2D eigenvalue weighted by Crippen LogP contribution is 2.35. The topological polar surface area (TPSA) is 61.2 Å². The van der Waals surface area contributed by atoms with E-state index in [4.69, 9.17) is 28.5 Å². The number of hydrogen-bond donors (Lipinski definition) is 0. The predicted molar refractivity (Wildman–Crippen MR) is 64.4 cm³/mol. The smallest absolute Gasteiger partial charge is 0.207 e. The fraction of sp³-hybridized carbons (Fsp3) is 0.375. The van der Waals surface area contributed by atoms with Crippen molar-refractivity contribution in [3.8, 4) is 6.07 Å². The van der Waals surface area contributed by atoms with Crippen molar-refractivity contribution < 1.29 is 8.42 Å². The Balaban J connectivity index is 3.03. The van der Waals surface area contributed by atoms with Crippen LogP contribution in [0.25, 0.3) is 0 Å². The number of rotatable bonds is 4. The molecule has 0 aliphatic heterocycles. The lowest BCUT2D eigenvalue weighted by molar-refractivity contribution is 0.477. The van der Waals surface area contributed by atoms with Crippen LogP contribution in [0.15, 0.2) is 11.0 Å². The molecule has 0 saturated carbocycles. The minimum atomic E-state index is -3.64. The first-order chi connectivity index (χ1) is 7.39. The second-order valence-electron chi connectivity index (χ2n) is 2.92. The summed E-state index contributed by atoms with van der Waals surface area (Å²) in [5.41, 5.74) is 0. The van der Waals surface area contributed by atoms with E-state index in [9.17, 15) is 8.42 Å². The summed E-state index contributed by atoms with van der Waals surface area (Å²) in [6, 6.07) is 3.19. The lowest BCUT2D eigenvalue weighted by atomic mass is 10.5. The minimum absolute atomic E-state index is 0.00962. The van der Waals surface area contributed by atoms with Gasteiger partial charge in [0.2, 0.25) is 10.0 Å². The summed E-state index contributed by atoms with van der Waals surface area (Å²) in [4.78, 5) is -0.00962. The third kappa shape index (κ3) is 2.87. The van der Waals surface area contributed by atoms with Crippen LogP contribution in [0.1, 0.15) is 6.42 Å². The highest BCUT2D eigenvalue weighted by Gasteiger charge is 2.25. The molecule has 16 heavy (non-hydrogen) atoms. The quantitative estimate of drug-likeness (QED) is 0.858. The van der Waals surface area contributed by atoms with Crippen LogP contribution >= 0.6 is 34.5 Å². The lowest BCUT2D eigenvalue weighted by Crippen LogP contribution is -2.27. The van der Waals surface area contributed by atoms with Gasteiger partial charge in [0.1, 0.15) is 9.23 Å². The third-order valence-corrected chi connectivity index (χ3v) is 5.46. The zero-order chi connectivity index (χ0) is 12.3. The Morgan fingerprint density at radius 1 is 1.56 bits per heavy atom. The summed E-state index contributed by atoms with van der Waals surface area (Å²) in [5.74, 6) is 0. The second-order valence-corrected chi connectivity index (χ2v) is 7.22. The third-order valence-electron chi connectivity index (χ3n) is 1.85. The summed E-state index contributed by atoms with van der Waals surface area (Å²) >= 11 is 12.4. The molecule has 1 aromatic heterocycles. The van der Waals surface area contributed by atoms with Gasteiger partial charge in [-0.15, -0.1) is 11.3 Å².